The van der Waals surface area contributed by atoms with Gasteiger partial charge in [0.25, 0.3) is 5.91 Å². The molecule has 0 saturated heterocycles. The van der Waals surface area contributed by atoms with Crippen LogP contribution in [0.2, 0.25) is 0 Å². The predicted molar refractivity (Wildman–Crippen MR) is 97.9 cm³/mol. The van der Waals surface area contributed by atoms with Gasteiger partial charge in [0, 0.05) is 17.7 Å². The van der Waals surface area contributed by atoms with Crippen molar-refractivity contribution in [2.45, 2.75) is 19.8 Å². The molecule has 2 heterocycles. The number of nitrogens with zero attached hydrogens (tertiary/aromatic N) is 2. The van der Waals surface area contributed by atoms with Gasteiger partial charge < -0.3 is 5.32 Å². The molecule has 0 unspecified atom stereocenters. The molecule has 2 N–H and O–H groups in total. The van der Waals surface area contributed by atoms with Gasteiger partial charge in [-0.25, -0.2) is 9.97 Å². The van der Waals surface area contributed by atoms with Crippen LogP contribution < -0.4 is 10.6 Å². The Hall–Kier alpha value is -2.80. The molecule has 0 spiro atoms. The van der Waals surface area contributed by atoms with Crippen LogP contribution in [-0.4, -0.2) is 21.8 Å². The van der Waals surface area contributed by atoms with Gasteiger partial charge in [-0.15, -0.1) is 0 Å². The van der Waals surface area contributed by atoms with Crippen molar-refractivity contribution in [2.75, 3.05) is 10.6 Å². The van der Waals surface area contributed by atoms with Crippen LogP contribution in [0.5, 0.6) is 0 Å². The second-order valence-electron chi connectivity index (χ2n) is 6.09. The molecule has 4 rings (SSSR count). The van der Waals surface area contributed by atoms with Gasteiger partial charge in [-0.1, -0.05) is 23.5 Å². The number of fused-ring (bicyclic) bond motifs is 1. The summed E-state index contributed by atoms with van der Waals surface area (Å²) in [5.74, 6) is 0.169. The average molecular weight is 352 g/mol. The van der Waals surface area contributed by atoms with Crippen molar-refractivity contribution in [3.05, 3.63) is 47.7 Å². The number of hydrogen-bond acceptors (Lipinski definition) is 5. The van der Waals surface area contributed by atoms with Crippen LogP contribution in [0.1, 0.15) is 28.8 Å². The van der Waals surface area contributed by atoms with Crippen LogP contribution in [0.25, 0.3) is 10.2 Å². The Labute approximate surface area is 148 Å². The number of para-hydroxylation sites is 1. The molecule has 1 aromatic carbocycles. The molecular weight excluding hydrogens is 336 g/mol. The third-order valence-electron chi connectivity index (χ3n) is 4.06. The Balaban J connectivity index is 1.51. The van der Waals surface area contributed by atoms with E-state index < -0.39 is 0 Å². The number of nitrogens with one attached hydrogen (secondary N) is 2. The van der Waals surface area contributed by atoms with E-state index >= 15 is 0 Å². The number of aryl methyl sites for hydroxylation is 1. The molecule has 2 aromatic heterocycles. The fourth-order valence-corrected chi connectivity index (χ4v) is 3.46. The summed E-state index contributed by atoms with van der Waals surface area (Å²) in [6, 6.07) is 9.13. The minimum Gasteiger partial charge on any atom is -0.310 e. The van der Waals surface area contributed by atoms with E-state index in [4.69, 9.17) is 0 Å². The highest BCUT2D eigenvalue weighted by atomic mass is 32.1. The van der Waals surface area contributed by atoms with E-state index in [2.05, 4.69) is 20.6 Å². The monoisotopic (exact) mass is 352 g/mol. The number of amides is 2. The van der Waals surface area contributed by atoms with Gasteiger partial charge in [-0.3, -0.25) is 14.9 Å². The lowest BCUT2D eigenvalue weighted by Crippen LogP contribution is -2.16. The zero-order valence-electron chi connectivity index (χ0n) is 13.6. The average Bonchev–Trinajstić information content (AvgIpc) is 3.36. The molecule has 2 amide bonds. The third kappa shape index (κ3) is 3.36. The van der Waals surface area contributed by atoms with E-state index in [0.717, 1.165) is 28.6 Å². The lowest BCUT2D eigenvalue weighted by atomic mass is 10.2. The van der Waals surface area contributed by atoms with Crippen molar-refractivity contribution in [3.63, 3.8) is 0 Å². The number of carbonyl (C=O) groups excluding carboxylic acids is 2. The molecule has 25 heavy (non-hydrogen) atoms. The highest BCUT2D eigenvalue weighted by Gasteiger charge is 2.29. The van der Waals surface area contributed by atoms with Crippen LogP contribution in [0.3, 0.4) is 0 Å². The molecule has 126 valence electrons. The largest absolute Gasteiger partial charge is 0.310 e. The van der Waals surface area contributed by atoms with Crippen molar-refractivity contribution in [1.29, 1.82) is 0 Å². The Kier molecular flexibility index (Phi) is 3.93. The molecule has 1 saturated carbocycles. The predicted octanol–water partition coefficient (Wildman–Crippen LogP) is 3.60. The number of rotatable bonds is 4. The highest BCUT2D eigenvalue weighted by Crippen LogP contribution is 2.30. The van der Waals surface area contributed by atoms with Crippen LogP contribution >= 0.6 is 11.3 Å². The van der Waals surface area contributed by atoms with Gasteiger partial charge in [0.1, 0.15) is 5.82 Å². The Morgan fingerprint density at radius 3 is 2.80 bits per heavy atom. The lowest BCUT2D eigenvalue weighted by molar-refractivity contribution is -0.117. The Morgan fingerprint density at radius 1 is 1.20 bits per heavy atom. The normalized spacial score (nSPS) is 13.6. The van der Waals surface area contributed by atoms with E-state index in [1.807, 2.05) is 25.1 Å². The van der Waals surface area contributed by atoms with Crippen molar-refractivity contribution >= 4 is 44.3 Å². The van der Waals surface area contributed by atoms with Crippen molar-refractivity contribution in [3.8, 4) is 0 Å². The smallest absolute Gasteiger partial charge is 0.257 e. The topological polar surface area (TPSA) is 84.0 Å². The molecule has 1 aliphatic rings. The van der Waals surface area contributed by atoms with Gasteiger partial charge in [0.15, 0.2) is 5.13 Å². The number of carbonyl (C=O) groups is 2. The first-order valence-electron chi connectivity index (χ1n) is 8.04. The van der Waals surface area contributed by atoms with E-state index in [9.17, 15) is 9.59 Å². The minimum absolute atomic E-state index is 0.0355. The van der Waals surface area contributed by atoms with Gasteiger partial charge in [-0.2, -0.15) is 0 Å². The molecule has 1 aliphatic carbocycles. The first-order chi connectivity index (χ1) is 12.1. The van der Waals surface area contributed by atoms with Crippen LogP contribution in [0.15, 0.2) is 36.5 Å². The van der Waals surface area contributed by atoms with Gasteiger partial charge >= 0.3 is 0 Å². The maximum Gasteiger partial charge on any atom is 0.257 e. The zero-order chi connectivity index (χ0) is 17.4. The first kappa shape index (κ1) is 15.7. The summed E-state index contributed by atoms with van der Waals surface area (Å²) in [5, 5.41) is 6.12. The van der Waals surface area contributed by atoms with E-state index in [1.165, 1.54) is 17.5 Å². The molecule has 0 bridgehead atoms. The summed E-state index contributed by atoms with van der Waals surface area (Å²) in [7, 11) is 0. The summed E-state index contributed by atoms with van der Waals surface area (Å²) in [6.07, 6.45) is 3.35. The van der Waals surface area contributed by atoms with Crippen molar-refractivity contribution < 1.29 is 9.59 Å². The number of aromatic nitrogens is 2. The third-order valence-corrected chi connectivity index (χ3v) is 5.00. The molecule has 3 aromatic rings. The number of pyridine rings is 1. The molecular formula is C18H16N4O2S. The zero-order valence-corrected chi connectivity index (χ0v) is 14.4. The molecule has 0 radical (unpaired) electrons. The van der Waals surface area contributed by atoms with Gasteiger partial charge in [0.05, 0.1) is 10.2 Å². The first-order valence-corrected chi connectivity index (χ1v) is 8.86. The number of benzene rings is 1. The van der Waals surface area contributed by atoms with Crippen molar-refractivity contribution in [1.82, 2.24) is 9.97 Å². The standard InChI is InChI=1S/C18H16N4O2S/c1-10-3-2-4-13-15(10)21-18(25-13)22-17(24)12-7-8-19-14(9-12)20-16(23)11-5-6-11/h2-4,7-9,11H,5-6H2,1H3,(H,19,20,23)(H,21,22,24). The second kappa shape index (κ2) is 6.25. The maximum atomic E-state index is 12.5. The summed E-state index contributed by atoms with van der Waals surface area (Å²) in [5.41, 5.74) is 2.40. The minimum atomic E-state index is -0.277. The lowest BCUT2D eigenvalue weighted by Gasteiger charge is -2.05. The van der Waals surface area contributed by atoms with Gasteiger partial charge in [0.2, 0.25) is 5.91 Å². The molecule has 7 heteroatoms. The number of hydrogen-bond donors (Lipinski definition) is 2. The fourth-order valence-electron chi connectivity index (χ4n) is 2.52. The van der Waals surface area contributed by atoms with E-state index in [-0.39, 0.29) is 17.7 Å². The Bertz CT molecular complexity index is 978. The second-order valence-corrected chi connectivity index (χ2v) is 7.12. The fraction of sp³-hybridized carbons (Fsp3) is 0.222. The summed E-state index contributed by atoms with van der Waals surface area (Å²) < 4.78 is 1.03. The SMILES string of the molecule is Cc1cccc2sc(NC(=O)c3ccnc(NC(=O)C4CC4)c3)nc12. The van der Waals surface area contributed by atoms with Crippen LogP contribution in [-0.2, 0) is 4.79 Å². The highest BCUT2D eigenvalue weighted by molar-refractivity contribution is 7.22. The summed E-state index contributed by atoms with van der Waals surface area (Å²) >= 11 is 1.43. The van der Waals surface area contributed by atoms with Crippen LogP contribution in [0, 0.1) is 12.8 Å². The molecule has 1 fully saturated rings. The van der Waals surface area contributed by atoms with E-state index in [0.29, 0.717) is 16.5 Å². The number of thiazole rings is 1. The van der Waals surface area contributed by atoms with Crippen LogP contribution in [0.4, 0.5) is 10.9 Å². The number of anilines is 2. The van der Waals surface area contributed by atoms with Gasteiger partial charge in [-0.05, 0) is 43.5 Å². The molecule has 0 aliphatic heterocycles. The Morgan fingerprint density at radius 2 is 2.04 bits per heavy atom. The molecule has 6 nitrogen and oxygen atoms in total. The molecule has 0 atom stereocenters. The summed E-state index contributed by atoms with van der Waals surface area (Å²) in [6.45, 7) is 1.99. The van der Waals surface area contributed by atoms with E-state index in [1.54, 1.807) is 12.1 Å². The quantitative estimate of drug-likeness (QED) is 0.751. The maximum absolute atomic E-state index is 12.5. The van der Waals surface area contributed by atoms with Crippen molar-refractivity contribution in [2.24, 2.45) is 5.92 Å². The summed E-state index contributed by atoms with van der Waals surface area (Å²) in [4.78, 5) is 32.9.